The van der Waals surface area contributed by atoms with E-state index in [0.29, 0.717) is 0 Å². The fourth-order valence-corrected chi connectivity index (χ4v) is 1.67. The summed E-state index contributed by atoms with van der Waals surface area (Å²) in [7, 11) is 0. The topological polar surface area (TPSA) is 20.2 Å². The maximum Gasteiger partial charge on any atom is 0.0681 e. The van der Waals surface area contributed by atoms with Gasteiger partial charge >= 0.3 is 0 Å². The van der Waals surface area contributed by atoms with Gasteiger partial charge in [-0.05, 0) is 29.9 Å². The van der Waals surface area contributed by atoms with Gasteiger partial charge in [0.05, 0.1) is 6.61 Å². The number of hydrogen-bond acceptors (Lipinski definition) is 1. The molecular weight excluding hydrogens is 184 g/mol. The third-order valence-corrected chi connectivity index (χ3v) is 3.06. The van der Waals surface area contributed by atoms with Crippen LogP contribution in [0.3, 0.4) is 0 Å². The molecule has 0 saturated heterocycles. The first-order valence-corrected chi connectivity index (χ1v) is 5.95. The predicted molar refractivity (Wildman–Crippen MR) is 64.8 cm³/mol. The van der Waals surface area contributed by atoms with E-state index in [1.165, 1.54) is 24.8 Å². The van der Waals surface area contributed by atoms with Crippen LogP contribution in [0.1, 0.15) is 44.2 Å². The summed E-state index contributed by atoms with van der Waals surface area (Å²) < 4.78 is 0. The molecule has 0 saturated carbocycles. The Morgan fingerprint density at radius 3 is 2.27 bits per heavy atom. The highest BCUT2D eigenvalue weighted by Crippen LogP contribution is 2.13. The monoisotopic (exact) mass is 206 g/mol. The van der Waals surface area contributed by atoms with Gasteiger partial charge in [0.15, 0.2) is 0 Å². The van der Waals surface area contributed by atoms with Gasteiger partial charge in [0, 0.05) is 0 Å². The zero-order valence-corrected chi connectivity index (χ0v) is 9.87. The normalized spacial score (nSPS) is 12.7. The maximum absolute atomic E-state index is 8.91. The van der Waals surface area contributed by atoms with Gasteiger partial charge in [-0.1, -0.05) is 51.0 Å². The Balaban J connectivity index is 2.31. The number of benzene rings is 1. The van der Waals surface area contributed by atoms with Crippen LogP contribution >= 0.6 is 0 Å². The molecule has 0 radical (unpaired) electrons. The molecule has 0 aliphatic rings. The number of aliphatic hydroxyl groups is 1. The van der Waals surface area contributed by atoms with Gasteiger partial charge in [-0.2, -0.15) is 0 Å². The molecule has 1 unspecified atom stereocenters. The lowest BCUT2D eigenvalue weighted by Gasteiger charge is -2.07. The van der Waals surface area contributed by atoms with Crippen LogP contribution in [0.25, 0.3) is 0 Å². The minimum absolute atomic E-state index is 0.146. The van der Waals surface area contributed by atoms with Crippen molar-refractivity contribution in [3.05, 3.63) is 35.4 Å². The van der Waals surface area contributed by atoms with Gasteiger partial charge < -0.3 is 5.11 Å². The lowest BCUT2D eigenvalue weighted by atomic mass is 9.99. The van der Waals surface area contributed by atoms with Gasteiger partial charge in [-0.15, -0.1) is 0 Å². The quantitative estimate of drug-likeness (QED) is 0.754. The van der Waals surface area contributed by atoms with Crippen LogP contribution in [-0.2, 0) is 13.0 Å². The SMILES string of the molecule is CCC(C)CCCc1ccc(CO)cc1. The zero-order chi connectivity index (χ0) is 11.1. The molecule has 0 heterocycles. The van der Waals surface area contributed by atoms with Crippen LogP contribution in [0.4, 0.5) is 0 Å². The zero-order valence-electron chi connectivity index (χ0n) is 9.87. The number of rotatable bonds is 6. The molecule has 1 rings (SSSR count). The Hall–Kier alpha value is -0.820. The summed E-state index contributed by atoms with van der Waals surface area (Å²) in [5.41, 5.74) is 2.39. The Labute approximate surface area is 93.1 Å². The Morgan fingerprint density at radius 2 is 1.73 bits per heavy atom. The van der Waals surface area contributed by atoms with E-state index in [2.05, 4.69) is 26.0 Å². The molecule has 0 aliphatic heterocycles. The largest absolute Gasteiger partial charge is 0.392 e. The van der Waals surface area contributed by atoms with Crippen molar-refractivity contribution >= 4 is 0 Å². The summed E-state index contributed by atoms with van der Waals surface area (Å²) >= 11 is 0. The van der Waals surface area contributed by atoms with Crippen molar-refractivity contribution in [3.8, 4) is 0 Å². The standard InChI is InChI=1S/C14H22O/c1-3-12(2)5-4-6-13-7-9-14(11-15)10-8-13/h7-10,12,15H,3-6,11H2,1-2H3. The van der Waals surface area contributed by atoms with E-state index in [-0.39, 0.29) is 6.61 Å². The van der Waals surface area contributed by atoms with E-state index in [4.69, 9.17) is 5.11 Å². The lowest BCUT2D eigenvalue weighted by molar-refractivity contribution is 0.282. The first-order valence-electron chi connectivity index (χ1n) is 5.95. The molecule has 1 N–H and O–H groups in total. The molecular formula is C14H22O. The highest BCUT2D eigenvalue weighted by Gasteiger charge is 1.99. The molecule has 15 heavy (non-hydrogen) atoms. The summed E-state index contributed by atoms with van der Waals surface area (Å²) in [6, 6.07) is 8.28. The molecule has 0 bridgehead atoms. The minimum Gasteiger partial charge on any atom is -0.392 e. The van der Waals surface area contributed by atoms with Crippen molar-refractivity contribution in [1.29, 1.82) is 0 Å². The first-order chi connectivity index (χ1) is 7.26. The molecule has 84 valence electrons. The molecule has 1 aromatic carbocycles. The molecule has 0 fully saturated rings. The second-order valence-electron chi connectivity index (χ2n) is 4.38. The van der Waals surface area contributed by atoms with Crippen LogP contribution in [0.15, 0.2) is 24.3 Å². The summed E-state index contributed by atoms with van der Waals surface area (Å²) in [5, 5.41) is 8.91. The fourth-order valence-electron chi connectivity index (χ4n) is 1.67. The van der Waals surface area contributed by atoms with E-state index in [1.807, 2.05) is 12.1 Å². The molecule has 1 aromatic rings. The third-order valence-electron chi connectivity index (χ3n) is 3.06. The van der Waals surface area contributed by atoms with Crippen molar-refractivity contribution in [2.24, 2.45) is 5.92 Å². The molecule has 0 spiro atoms. The van der Waals surface area contributed by atoms with Crippen LogP contribution in [0, 0.1) is 5.92 Å². The Morgan fingerprint density at radius 1 is 1.13 bits per heavy atom. The van der Waals surface area contributed by atoms with E-state index in [1.54, 1.807) is 0 Å². The van der Waals surface area contributed by atoms with Crippen molar-refractivity contribution in [2.45, 2.75) is 46.1 Å². The van der Waals surface area contributed by atoms with Gasteiger partial charge in [0.25, 0.3) is 0 Å². The number of aryl methyl sites for hydroxylation is 1. The van der Waals surface area contributed by atoms with Gasteiger partial charge in [0.1, 0.15) is 0 Å². The van der Waals surface area contributed by atoms with Crippen molar-refractivity contribution in [1.82, 2.24) is 0 Å². The molecule has 1 heteroatoms. The van der Waals surface area contributed by atoms with E-state index in [9.17, 15) is 0 Å². The summed E-state index contributed by atoms with van der Waals surface area (Å²) in [6.07, 6.45) is 5.03. The molecule has 1 nitrogen and oxygen atoms in total. The van der Waals surface area contributed by atoms with Crippen molar-refractivity contribution in [3.63, 3.8) is 0 Å². The third kappa shape index (κ3) is 4.48. The molecule has 1 atom stereocenters. The smallest absolute Gasteiger partial charge is 0.0681 e. The maximum atomic E-state index is 8.91. The fraction of sp³-hybridized carbons (Fsp3) is 0.571. The van der Waals surface area contributed by atoms with Gasteiger partial charge in [-0.3, -0.25) is 0 Å². The van der Waals surface area contributed by atoms with E-state index < -0.39 is 0 Å². The van der Waals surface area contributed by atoms with Crippen LogP contribution < -0.4 is 0 Å². The second-order valence-corrected chi connectivity index (χ2v) is 4.38. The molecule has 0 amide bonds. The summed E-state index contributed by atoms with van der Waals surface area (Å²) in [6.45, 7) is 4.71. The lowest BCUT2D eigenvalue weighted by Crippen LogP contribution is -1.94. The predicted octanol–water partition coefficient (Wildman–Crippen LogP) is 3.55. The van der Waals surface area contributed by atoms with Gasteiger partial charge in [0.2, 0.25) is 0 Å². The summed E-state index contributed by atoms with van der Waals surface area (Å²) in [5.74, 6) is 0.849. The van der Waals surface area contributed by atoms with E-state index >= 15 is 0 Å². The number of aliphatic hydroxyl groups excluding tert-OH is 1. The van der Waals surface area contributed by atoms with Gasteiger partial charge in [-0.25, -0.2) is 0 Å². The highest BCUT2D eigenvalue weighted by atomic mass is 16.3. The average Bonchev–Trinajstić information content (AvgIpc) is 2.29. The second kappa shape index (κ2) is 6.62. The van der Waals surface area contributed by atoms with Crippen molar-refractivity contribution < 1.29 is 5.11 Å². The Kier molecular flexibility index (Phi) is 5.41. The highest BCUT2D eigenvalue weighted by molar-refractivity contribution is 5.21. The minimum atomic E-state index is 0.146. The summed E-state index contributed by atoms with van der Waals surface area (Å²) in [4.78, 5) is 0. The van der Waals surface area contributed by atoms with Crippen LogP contribution in [-0.4, -0.2) is 5.11 Å². The van der Waals surface area contributed by atoms with Crippen LogP contribution in [0.2, 0.25) is 0 Å². The first kappa shape index (κ1) is 12.3. The van der Waals surface area contributed by atoms with Crippen LogP contribution in [0.5, 0.6) is 0 Å². The molecule has 0 aromatic heterocycles. The molecule has 0 aliphatic carbocycles. The van der Waals surface area contributed by atoms with E-state index in [0.717, 1.165) is 17.9 Å². The van der Waals surface area contributed by atoms with Crippen molar-refractivity contribution in [2.75, 3.05) is 0 Å². The number of hydrogen-bond donors (Lipinski definition) is 1. The Bertz CT molecular complexity index is 263. The average molecular weight is 206 g/mol.